The zero-order chi connectivity index (χ0) is 7.68. The van der Waals surface area contributed by atoms with Crippen LogP contribution in [0.4, 0.5) is 0 Å². The molecule has 1 radical (unpaired) electrons. The van der Waals surface area contributed by atoms with Crippen molar-refractivity contribution in [3.63, 3.8) is 0 Å². The zero-order valence-electron chi connectivity index (χ0n) is 6.63. The average molecular weight is 147 g/mol. The maximum absolute atomic E-state index is 5.24. The highest BCUT2D eigenvalue weighted by Crippen LogP contribution is 2.30. The highest BCUT2D eigenvalue weighted by atomic mass is 16.5. The number of fused-ring (bicyclic) bond motifs is 1. The second-order valence-corrected chi connectivity index (χ2v) is 2.77. The predicted octanol–water partition coefficient (Wildman–Crippen LogP) is 2.19. The molecule has 1 aliphatic rings. The van der Waals surface area contributed by atoms with E-state index in [1.807, 2.05) is 12.1 Å². The summed E-state index contributed by atoms with van der Waals surface area (Å²) in [6, 6.07) is 6.21. The molecule has 1 aromatic carbocycles. The first-order valence-electron chi connectivity index (χ1n) is 3.91. The van der Waals surface area contributed by atoms with Crippen molar-refractivity contribution in [1.82, 2.24) is 0 Å². The van der Waals surface area contributed by atoms with Gasteiger partial charge in [0.15, 0.2) is 0 Å². The van der Waals surface area contributed by atoms with Gasteiger partial charge in [0, 0.05) is 0 Å². The van der Waals surface area contributed by atoms with Crippen LogP contribution in [0.15, 0.2) is 18.2 Å². The van der Waals surface area contributed by atoms with Crippen molar-refractivity contribution >= 4 is 0 Å². The monoisotopic (exact) mass is 147 g/mol. The Balaban J connectivity index is 2.50. The van der Waals surface area contributed by atoms with Crippen LogP contribution in [-0.4, -0.2) is 7.11 Å². The van der Waals surface area contributed by atoms with Gasteiger partial charge in [0.05, 0.1) is 7.11 Å². The van der Waals surface area contributed by atoms with E-state index in [9.17, 15) is 0 Å². The van der Waals surface area contributed by atoms with Crippen LogP contribution in [0, 0.1) is 6.42 Å². The van der Waals surface area contributed by atoms with E-state index in [0.717, 1.165) is 18.6 Å². The van der Waals surface area contributed by atoms with E-state index < -0.39 is 0 Å². The highest BCUT2D eigenvalue weighted by molar-refractivity contribution is 5.47. The van der Waals surface area contributed by atoms with Gasteiger partial charge in [-0.05, 0) is 36.5 Å². The van der Waals surface area contributed by atoms with Gasteiger partial charge in [-0.15, -0.1) is 0 Å². The number of methoxy groups -OCH3 is 1. The Bertz CT molecular complexity index is 266. The number of benzene rings is 1. The SMILES string of the molecule is COc1cccc2c1CC[CH]2. The summed E-state index contributed by atoms with van der Waals surface area (Å²) in [6.07, 6.45) is 4.56. The minimum Gasteiger partial charge on any atom is -0.496 e. The topological polar surface area (TPSA) is 9.23 Å². The largest absolute Gasteiger partial charge is 0.496 e. The molecule has 0 amide bonds. The Kier molecular flexibility index (Phi) is 1.57. The van der Waals surface area contributed by atoms with Gasteiger partial charge in [0.1, 0.15) is 5.75 Å². The van der Waals surface area contributed by atoms with Crippen LogP contribution in [0.2, 0.25) is 0 Å². The fourth-order valence-electron chi connectivity index (χ4n) is 1.60. The number of hydrogen-bond donors (Lipinski definition) is 0. The Morgan fingerprint density at radius 2 is 2.27 bits per heavy atom. The molecule has 0 N–H and O–H groups in total. The molecule has 0 aliphatic heterocycles. The molecule has 0 aromatic heterocycles. The molecule has 11 heavy (non-hydrogen) atoms. The zero-order valence-corrected chi connectivity index (χ0v) is 6.63. The molecule has 0 saturated carbocycles. The molecule has 0 bridgehead atoms. The molecule has 2 rings (SSSR count). The van der Waals surface area contributed by atoms with E-state index in [1.165, 1.54) is 11.1 Å². The van der Waals surface area contributed by atoms with Gasteiger partial charge < -0.3 is 4.74 Å². The Hall–Kier alpha value is -0.980. The van der Waals surface area contributed by atoms with Crippen molar-refractivity contribution in [2.24, 2.45) is 0 Å². The molecule has 1 heteroatoms. The predicted molar refractivity (Wildman–Crippen MR) is 44.7 cm³/mol. The summed E-state index contributed by atoms with van der Waals surface area (Å²) in [4.78, 5) is 0. The summed E-state index contributed by atoms with van der Waals surface area (Å²) < 4.78 is 5.24. The lowest BCUT2D eigenvalue weighted by Crippen LogP contribution is -1.89. The van der Waals surface area contributed by atoms with Crippen LogP contribution in [-0.2, 0) is 6.42 Å². The van der Waals surface area contributed by atoms with Crippen molar-refractivity contribution in [2.45, 2.75) is 12.8 Å². The van der Waals surface area contributed by atoms with E-state index in [1.54, 1.807) is 7.11 Å². The summed E-state index contributed by atoms with van der Waals surface area (Å²) in [7, 11) is 1.73. The van der Waals surface area contributed by atoms with Crippen molar-refractivity contribution < 1.29 is 4.74 Å². The van der Waals surface area contributed by atoms with Gasteiger partial charge in [0.2, 0.25) is 0 Å². The molecular formula is C10H11O. The standard InChI is InChI=1S/C10H11O/c1-11-10-7-3-5-8-4-2-6-9(8)10/h3-5,7H,2,6H2,1H3. The fraction of sp³-hybridized carbons (Fsp3) is 0.300. The van der Waals surface area contributed by atoms with Crippen molar-refractivity contribution in [3.8, 4) is 5.75 Å². The third-order valence-electron chi connectivity index (χ3n) is 2.15. The van der Waals surface area contributed by atoms with Crippen LogP contribution in [0.25, 0.3) is 0 Å². The minimum absolute atomic E-state index is 1.04. The first-order valence-corrected chi connectivity index (χ1v) is 3.91. The van der Waals surface area contributed by atoms with Gasteiger partial charge in [-0.25, -0.2) is 0 Å². The van der Waals surface area contributed by atoms with Crippen molar-refractivity contribution in [2.75, 3.05) is 7.11 Å². The molecule has 0 heterocycles. The van der Waals surface area contributed by atoms with Crippen LogP contribution in [0.1, 0.15) is 17.5 Å². The van der Waals surface area contributed by atoms with Crippen LogP contribution < -0.4 is 4.74 Å². The molecule has 57 valence electrons. The summed E-state index contributed by atoms with van der Waals surface area (Å²) in [5.74, 6) is 1.04. The second-order valence-electron chi connectivity index (χ2n) is 2.77. The summed E-state index contributed by atoms with van der Waals surface area (Å²) >= 11 is 0. The lowest BCUT2D eigenvalue weighted by molar-refractivity contribution is 0.410. The molecule has 0 unspecified atom stereocenters. The van der Waals surface area contributed by atoms with E-state index in [2.05, 4.69) is 12.5 Å². The third kappa shape index (κ3) is 1.01. The molecule has 0 spiro atoms. The highest BCUT2D eigenvalue weighted by Gasteiger charge is 2.14. The third-order valence-corrected chi connectivity index (χ3v) is 2.15. The van der Waals surface area contributed by atoms with E-state index in [4.69, 9.17) is 4.74 Å². The minimum atomic E-state index is 1.04. The van der Waals surface area contributed by atoms with Gasteiger partial charge in [-0.1, -0.05) is 12.1 Å². The smallest absolute Gasteiger partial charge is 0.122 e. The van der Waals surface area contributed by atoms with E-state index in [-0.39, 0.29) is 0 Å². The lowest BCUT2D eigenvalue weighted by atomic mass is 10.1. The molecule has 0 saturated heterocycles. The number of rotatable bonds is 1. The number of ether oxygens (including phenoxy) is 1. The van der Waals surface area contributed by atoms with Crippen LogP contribution in [0.5, 0.6) is 5.75 Å². The van der Waals surface area contributed by atoms with Gasteiger partial charge in [-0.2, -0.15) is 0 Å². The Morgan fingerprint density at radius 3 is 3.09 bits per heavy atom. The quantitative estimate of drug-likeness (QED) is 0.591. The first kappa shape index (κ1) is 6.71. The first-order chi connectivity index (χ1) is 5.42. The average Bonchev–Trinajstić information content (AvgIpc) is 2.50. The van der Waals surface area contributed by atoms with Crippen LogP contribution in [0.3, 0.4) is 0 Å². The summed E-state index contributed by atoms with van der Waals surface area (Å²) in [5.41, 5.74) is 2.72. The van der Waals surface area contributed by atoms with Crippen LogP contribution >= 0.6 is 0 Å². The molecule has 1 aromatic rings. The van der Waals surface area contributed by atoms with Gasteiger partial charge in [0.25, 0.3) is 0 Å². The molecule has 0 atom stereocenters. The Labute approximate surface area is 67.0 Å². The second kappa shape index (κ2) is 2.57. The van der Waals surface area contributed by atoms with E-state index >= 15 is 0 Å². The van der Waals surface area contributed by atoms with Gasteiger partial charge in [-0.3, -0.25) is 0 Å². The molecule has 1 nitrogen and oxygen atoms in total. The summed E-state index contributed by atoms with van der Waals surface area (Å²) in [6.45, 7) is 0. The maximum atomic E-state index is 5.24. The molecule has 1 aliphatic carbocycles. The number of hydrogen-bond acceptors (Lipinski definition) is 1. The molecular weight excluding hydrogens is 136 g/mol. The maximum Gasteiger partial charge on any atom is 0.122 e. The normalized spacial score (nSPS) is 14.6. The molecule has 0 fully saturated rings. The van der Waals surface area contributed by atoms with Crippen molar-refractivity contribution in [1.29, 1.82) is 0 Å². The van der Waals surface area contributed by atoms with E-state index in [0.29, 0.717) is 0 Å². The van der Waals surface area contributed by atoms with Crippen molar-refractivity contribution in [3.05, 3.63) is 35.7 Å². The van der Waals surface area contributed by atoms with Gasteiger partial charge >= 0.3 is 0 Å². The Morgan fingerprint density at radius 1 is 1.36 bits per heavy atom. The lowest BCUT2D eigenvalue weighted by Gasteiger charge is -2.05. The fourth-order valence-corrected chi connectivity index (χ4v) is 1.60. The summed E-state index contributed by atoms with van der Waals surface area (Å²) in [5, 5.41) is 0.